The minimum absolute atomic E-state index is 0.0619. The van der Waals surface area contributed by atoms with Crippen molar-refractivity contribution in [2.45, 2.75) is 6.92 Å². The van der Waals surface area contributed by atoms with E-state index < -0.39 is 10.8 Å². The van der Waals surface area contributed by atoms with Gasteiger partial charge in [-0.05, 0) is 37.3 Å². The number of carbonyl (C=O) groups excluding carboxylic acids is 1. The van der Waals surface area contributed by atoms with Crippen LogP contribution in [0.25, 0.3) is 11.3 Å². The van der Waals surface area contributed by atoms with Gasteiger partial charge < -0.3 is 13.9 Å². The molecule has 0 aliphatic carbocycles. The van der Waals surface area contributed by atoms with E-state index in [-0.39, 0.29) is 12.3 Å². The van der Waals surface area contributed by atoms with E-state index in [4.69, 9.17) is 13.9 Å². The van der Waals surface area contributed by atoms with Crippen molar-refractivity contribution in [2.75, 3.05) is 13.2 Å². The summed E-state index contributed by atoms with van der Waals surface area (Å²) >= 11 is 0. The molecule has 1 aromatic heterocycles. The lowest BCUT2D eigenvalue weighted by Gasteiger charge is -2.10. The number of carbonyl (C=O) groups is 1. The summed E-state index contributed by atoms with van der Waals surface area (Å²) in [5, 5.41) is 15.0. The lowest BCUT2D eigenvalue weighted by Crippen LogP contribution is -2.24. The van der Waals surface area contributed by atoms with E-state index >= 15 is 0 Å². The Morgan fingerprint density at radius 1 is 1.10 bits per heavy atom. The van der Waals surface area contributed by atoms with Crippen LogP contribution in [0.2, 0.25) is 0 Å². The van der Waals surface area contributed by atoms with Crippen molar-refractivity contribution in [2.24, 2.45) is 5.10 Å². The summed E-state index contributed by atoms with van der Waals surface area (Å²) in [4.78, 5) is 22.6. The van der Waals surface area contributed by atoms with Gasteiger partial charge in [-0.3, -0.25) is 14.9 Å². The zero-order valence-corrected chi connectivity index (χ0v) is 16.1. The number of nitro benzene ring substituents is 1. The van der Waals surface area contributed by atoms with Crippen molar-refractivity contribution in [3.05, 3.63) is 76.5 Å². The second kappa shape index (κ2) is 9.87. The maximum Gasteiger partial charge on any atom is 0.280 e. The van der Waals surface area contributed by atoms with Gasteiger partial charge in [0.1, 0.15) is 11.5 Å². The lowest BCUT2D eigenvalue weighted by atomic mass is 10.1. The average molecular weight is 409 g/mol. The molecule has 0 atom stereocenters. The van der Waals surface area contributed by atoms with E-state index in [9.17, 15) is 14.9 Å². The van der Waals surface area contributed by atoms with Crippen molar-refractivity contribution in [1.29, 1.82) is 0 Å². The normalized spacial score (nSPS) is 10.7. The van der Waals surface area contributed by atoms with Gasteiger partial charge in [-0.2, -0.15) is 5.10 Å². The Balaban J connectivity index is 1.57. The van der Waals surface area contributed by atoms with Crippen LogP contribution >= 0.6 is 0 Å². The van der Waals surface area contributed by atoms with Crippen LogP contribution in [0.1, 0.15) is 12.7 Å². The predicted molar refractivity (Wildman–Crippen MR) is 110 cm³/mol. The van der Waals surface area contributed by atoms with Gasteiger partial charge in [0.05, 0.1) is 23.3 Å². The molecular weight excluding hydrogens is 390 g/mol. The first-order valence-corrected chi connectivity index (χ1v) is 9.08. The van der Waals surface area contributed by atoms with Gasteiger partial charge in [0.25, 0.3) is 11.6 Å². The summed E-state index contributed by atoms with van der Waals surface area (Å²) in [6.45, 7) is 2.09. The molecule has 0 unspecified atom stereocenters. The highest BCUT2D eigenvalue weighted by molar-refractivity contribution is 5.82. The fourth-order valence-electron chi connectivity index (χ4n) is 2.60. The third kappa shape index (κ3) is 5.22. The molecule has 9 nitrogen and oxygen atoms in total. The fourth-order valence-corrected chi connectivity index (χ4v) is 2.60. The van der Waals surface area contributed by atoms with Crippen LogP contribution in [-0.4, -0.2) is 30.3 Å². The molecule has 154 valence electrons. The number of rotatable bonds is 9. The summed E-state index contributed by atoms with van der Waals surface area (Å²) in [6.07, 6.45) is 1.30. The zero-order valence-electron chi connectivity index (χ0n) is 16.1. The molecule has 1 amide bonds. The summed E-state index contributed by atoms with van der Waals surface area (Å²) in [5.74, 6) is 1.19. The number of benzene rings is 2. The minimum Gasteiger partial charge on any atom is -0.490 e. The molecule has 0 aliphatic heterocycles. The van der Waals surface area contributed by atoms with Crippen LogP contribution in [0.3, 0.4) is 0 Å². The summed E-state index contributed by atoms with van der Waals surface area (Å²) in [5.41, 5.74) is 2.62. The molecule has 1 heterocycles. The Bertz CT molecular complexity index is 1060. The summed E-state index contributed by atoms with van der Waals surface area (Å²) < 4.78 is 16.4. The van der Waals surface area contributed by atoms with Crippen LogP contribution in [0.5, 0.6) is 11.5 Å². The second-order valence-electron chi connectivity index (χ2n) is 5.94. The van der Waals surface area contributed by atoms with E-state index in [1.165, 1.54) is 12.3 Å². The highest BCUT2D eigenvalue weighted by atomic mass is 16.6. The molecule has 30 heavy (non-hydrogen) atoms. The molecule has 0 radical (unpaired) electrons. The SMILES string of the molecule is CCOc1ccccc1OCC(=O)N/N=C/c1ccc(-c2ccccc2[N+](=O)[O-])o1. The first-order chi connectivity index (χ1) is 14.6. The largest absolute Gasteiger partial charge is 0.490 e. The maximum atomic E-state index is 11.9. The van der Waals surface area contributed by atoms with Crippen molar-refractivity contribution in [3.8, 4) is 22.8 Å². The number of nitrogens with zero attached hydrogens (tertiary/aromatic N) is 2. The zero-order chi connectivity index (χ0) is 21.3. The van der Waals surface area contributed by atoms with Crippen LogP contribution in [0.4, 0.5) is 5.69 Å². The number of nitrogens with one attached hydrogen (secondary N) is 1. The molecule has 0 saturated heterocycles. The molecule has 3 aromatic rings. The van der Waals surface area contributed by atoms with Gasteiger partial charge >= 0.3 is 0 Å². The van der Waals surface area contributed by atoms with Crippen LogP contribution < -0.4 is 14.9 Å². The van der Waals surface area contributed by atoms with Crippen molar-refractivity contribution < 1.29 is 23.6 Å². The number of furan rings is 1. The first kappa shape index (κ1) is 20.6. The third-order valence-corrected chi connectivity index (χ3v) is 3.88. The Hall–Kier alpha value is -4.14. The number of amides is 1. The molecule has 9 heteroatoms. The number of hydrazone groups is 1. The molecule has 0 fully saturated rings. The molecule has 3 rings (SSSR count). The van der Waals surface area contributed by atoms with Crippen LogP contribution in [0, 0.1) is 10.1 Å². The van der Waals surface area contributed by atoms with Crippen molar-refractivity contribution in [3.63, 3.8) is 0 Å². The van der Waals surface area contributed by atoms with E-state index in [0.29, 0.717) is 35.2 Å². The van der Waals surface area contributed by atoms with Crippen LogP contribution in [-0.2, 0) is 4.79 Å². The molecule has 0 aliphatic rings. The number of hydrogen-bond acceptors (Lipinski definition) is 7. The quantitative estimate of drug-likeness (QED) is 0.327. The van der Waals surface area contributed by atoms with Gasteiger partial charge in [0, 0.05) is 6.07 Å². The highest BCUT2D eigenvalue weighted by Gasteiger charge is 2.16. The Morgan fingerprint density at radius 3 is 2.53 bits per heavy atom. The molecule has 0 spiro atoms. The van der Waals surface area contributed by atoms with E-state index in [1.54, 1.807) is 48.5 Å². The van der Waals surface area contributed by atoms with E-state index in [2.05, 4.69) is 10.5 Å². The van der Waals surface area contributed by atoms with Gasteiger partial charge in [-0.25, -0.2) is 5.43 Å². The monoisotopic (exact) mass is 409 g/mol. The van der Waals surface area contributed by atoms with Gasteiger partial charge in [-0.1, -0.05) is 24.3 Å². The topological polar surface area (TPSA) is 116 Å². The molecular formula is C21H19N3O6. The summed E-state index contributed by atoms with van der Waals surface area (Å²) in [7, 11) is 0. The van der Waals surface area contributed by atoms with Crippen molar-refractivity contribution >= 4 is 17.8 Å². The minimum atomic E-state index is -0.477. The average Bonchev–Trinajstić information content (AvgIpc) is 3.22. The Kier molecular flexibility index (Phi) is 6.78. The molecule has 0 saturated carbocycles. The van der Waals surface area contributed by atoms with Gasteiger partial charge in [0.2, 0.25) is 0 Å². The predicted octanol–water partition coefficient (Wildman–Crippen LogP) is 3.78. The number of hydrogen-bond donors (Lipinski definition) is 1. The molecule has 1 N–H and O–H groups in total. The fraction of sp³-hybridized carbons (Fsp3) is 0.143. The Labute approximate surface area is 172 Å². The van der Waals surface area contributed by atoms with Crippen LogP contribution in [0.15, 0.2) is 70.2 Å². The maximum absolute atomic E-state index is 11.9. The Morgan fingerprint density at radius 2 is 1.80 bits per heavy atom. The number of nitro groups is 1. The van der Waals surface area contributed by atoms with E-state index in [0.717, 1.165) is 0 Å². The standard InChI is InChI=1S/C21H19N3O6/c1-2-28-19-9-5-6-10-20(19)29-14-21(25)23-22-13-15-11-12-18(30-15)16-7-3-4-8-17(16)24(26)27/h3-13H,2,14H2,1H3,(H,23,25)/b22-13+. The van der Waals surface area contributed by atoms with Gasteiger partial charge in [0.15, 0.2) is 18.1 Å². The smallest absolute Gasteiger partial charge is 0.280 e. The second-order valence-corrected chi connectivity index (χ2v) is 5.94. The first-order valence-electron chi connectivity index (χ1n) is 9.08. The summed E-state index contributed by atoms with van der Waals surface area (Å²) in [6, 6.07) is 16.5. The highest BCUT2D eigenvalue weighted by Crippen LogP contribution is 2.30. The number of para-hydroxylation sites is 3. The van der Waals surface area contributed by atoms with Crippen molar-refractivity contribution in [1.82, 2.24) is 5.43 Å². The lowest BCUT2D eigenvalue weighted by molar-refractivity contribution is -0.384. The van der Waals surface area contributed by atoms with E-state index in [1.807, 2.05) is 13.0 Å². The van der Waals surface area contributed by atoms with Gasteiger partial charge in [-0.15, -0.1) is 0 Å². The molecule has 2 aromatic carbocycles. The number of ether oxygens (including phenoxy) is 2. The third-order valence-electron chi connectivity index (χ3n) is 3.88. The molecule has 0 bridgehead atoms.